The Kier molecular flexibility index (Phi) is 9.24. The molecule has 2 saturated heterocycles. The second-order valence-electron chi connectivity index (χ2n) is 7.88. The Labute approximate surface area is 180 Å². The van der Waals surface area contributed by atoms with Crippen molar-refractivity contribution in [3.05, 3.63) is 18.2 Å². The topological polar surface area (TPSA) is 70.5 Å². The van der Waals surface area contributed by atoms with Gasteiger partial charge in [0, 0.05) is 32.0 Å². The van der Waals surface area contributed by atoms with Gasteiger partial charge in [-0.1, -0.05) is 13.8 Å². The molecule has 2 aliphatic rings. The molecular weight excluding hydrogens is 401 g/mol. The Morgan fingerprint density at radius 2 is 1.82 bits per heavy atom. The molecule has 0 aliphatic carbocycles. The van der Waals surface area contributed by atoms with E-state index in [2.05, 4.69) is 28.7 Å². The standard InChI is InChI=1S/C19H31N5O2.2ClH/c1-15(2)5-13-24-18(26)23(12-4-11-22-14-10-21-16(22)3)17(25)19(24)6-8-20-9-7-19;;/h10,14-15,20H,4-9,11-13H2,1-3H3;2*1H. The van der Waals surface area contributed by atoms with E-state index in [1.807, 2.05) is 18.0 Å². The molecule has 0 aromatic carbocycles. The summed E-state index contributed by atoms with van der Waals surface area (Å²) in [5.41, 5.74) is -0.623. The van der Waals surface area contributed by atoms with Crippen LogP contribution in [0.15, 0.2) is 12.4 Å². The van der Waals surface area contributed by atoms with Gasteiger partial charge in [-0.25, -0.2) is 9.78 Å². The molecule has 0 radical (unpaired) electrons. The molecule has 3 amide bonds. The molecule has 1 N–H and O–H groups in total. The van der Waals surface area contributed by atoms with Crippen LogP contribution in [-0.2, 0) is 11.3 Å². The fourth-order valence-electron chi connectivity index (χ4n) is 4.04. The molecule has 1 aromatic rings. The van der Waals surface area contributed by atoms with Gasteiger partial charge in [0.05, 0.1) is 0 Å². The lowest BCUT2D eigenvalue weighted by molar-refractivity contribution is -0.134. The normalized spacial score (nSPS) is 18.6. The van der Waals surface area contributed by atoms with Gasteiger partial charge in [-0.05, 0) is 51.6 Å². The van der Waals surface area contributed by atoms with Crippen LogP contribution in [0.2, 0.25) is 0 Å². The molecule has 0 atom stereocenters. The first kappa shape index (κ1) is 24.7. The third-order valence-electron chi connectivity index (χ3n) is 5.69. The monoisotopic (exact) mass is 433 g/mol. The average molecular weight is 434 g/mol. The largest absolute Gasteiger partial charge is 0.335 e. The summed E-state index contributed by atoms with van der Waals surface area (Å²) in [6.07, 6.45) is 6.82. The minimum absolute atomic E-state index is 0. The first-order valence-corrected chi connectivity index (χ1v) is 9.78. The highest BCUT2D eigenvalue weighted by Gasteiger charge is 2.56. The third kappa shape index (κ3) is 4.81. The second kappa shape index (κ2) is 10.5. The van der Waals surface area contributed by atoms with Crippen molar-refractivity contribution in [1.82, 2.24) is 24.7 Å². The predicted molar refractivity (Wildman–Crippen MR) is 114 cm³/mol. The van der Waals surface area contributed by atoms with Crippen molar-refractivity contribution in [2.75, 3.05) is 26.2 Å². The Morgan fingerprint density at radius 3 is 2.39 bits per heavy atom. The number of aryl methyl sites for hydroxylation is 2. The van der Waals surface area contributed by atoms with Gasteiger partial charge in [0.1, 0.15) is 11.4 Å². The summed E-state index contributed by atoms with van der Waals surface area (Å²) in [6, 6.07) is -0.0973. The lowest BCUT2D eigenvalue weighted by Crippen LogP contribution is -2.56. The van der Waals surface area contributed by atoms with Crippen molar-refractivity contribution >= 4 is 36.8 Å². The molecule has 28 heavy (non-hydrogen) atoms. The number of imidazole rings is 1. The van der Waals surface area contributed by atoms with Crippen LogP contribution in [0.5, 0.6) is 0 Å². The Bertz CT molecular complexity index is 659. The second-order valence-corrected chi connectivity index (χ2v) is 7.88. The van der Waals surface area contributed by atoms with Crippen LogP contribution in [0.25, 0.3) is 0 Å². The molecule has 1 spiro atoms. The number of urea groups is 1. The number of piperidine rings is 1. The van der Waals surface area contributed by atoms with Gasteiger partial charge in [0.25, 0.3) is 5.91 Å². The average Bonchev–Trinajstić information content (AvgIpc) is 3.10. The maximum absolute atomic E-state index is 13.2. The van der Waals surface area contributed by atoms with Crippen LogP contribution in [0.4, 0.5) is 4.79 Å². The highest BCUT2D eigenvalue weighted by atomic mass is 35.5. The quantitative estimate of drug-likeness (QED) is 0.670. The van der Waals surface area contributed by atoms with Crippen molar-refractivity contribution in [2.24, 2.45) is 5.92 Å². The van der Waals surface area contributed by atoms with Crippen LogP contribution < -0.4 is 5.32 Å². The van der Waals surface area contributed by atoms with Crippen LogP contribution >= 0.6 is 24.8 Å². The number of nitrogens with zero attached hydrogens (tertiary/aromatic N) is 4. The molecule has 2 fully saturated rings. The molecule has 0 saturated carbocycles. The number of aromatic nitrogens is 2. The highest BCUT2D eigenvalue weighted by Crippen LogP contribution is 2.36. The van der Waals surface area contributed by atoms with Crippen molar-refractivity contribution in [3.8, 4) is 0 Å². The fourth-order valence-corrected chi connectivity index (χ4v) is 4.04. The summed E-state index contributed by atoms with van der Waals surface area (Å²) in [6.45, 7) is 9.76. The fraction of sp³-hybridized carbons (Fsp3) is 0.737. The number of hydrogen-bond donors (Lipinski definition) is 1. The lowest BCUT2D eigenvalue weighted by Gasteiger charge is -2.38. The van der Waals surface area contributed by atoms with E-state index in [-0.39, 0.29) is 36.8 Å². The number of hydrogen-bond acceptors (Lipinski definition) is 4. The van der Waals surface area contributed by atoms with Crippen molar-refractivity contribution in [3.63, 3.8) is 0 Å². The van der Waals surface area contributed by atoms with E-state index in [0.717, 1.165) is 38.3 Å². The first-order valence-electron chi connectivity index (χ1n) is 9.78. The molecule has 1 aromatic heterocycles. The van der Waals surface area contributed by atoms with Crippen molar-refractivity contribution in [2.45, 2.75) is 58.5 Å². The van der Waals surface area contributed by atoms with E-state index in [1.54, 1.807) is 6.20 Å². The van der Waals surface area contributed by atoms with Gasteiger partial charge < -0.3 is 14.8 Å². The van der Waals surface area contributed by atoms with Gasteiger partial charge in [-0.2, -0.15) is 0 Å². The zero-order chi connectivity index (χ0) is 18.7. The van der Waals surface area contributed by atoms with Crippen LogP contribution in [0, 0.1) is 12.8 Å². The smallest absolute Gasteiger partial charge is 0.327 e. The van der Waals surface area contributed by atoms with Gasteiger partial charge >= 0.3 is 6.03 Å². The molecule has 2 aliphatic heterocycles. The molecule has 160 valence electrons. The Hall–Kier alpha value is -1.31. The van der Waals surface area contributed by atoms with E-state index in [4.69, 9.17) is 0 Å². The number of carbonyl (C=O) groups is 2. The predicted octanol–water partition coefficient (Wildman–Crippen LogP) is 2.86. The maximum Gasteiger partial charge on any atom is 0.327 e. The van der Waals surface area contributed by atoms with Gasteiger partial charge in [0.2, 0.25) is 0 Å². The van der Waals surface area contributed by atoms with E-state index < -0.39 is 5.54 Å². The Morgan fingerprint density at radius 1 is 1.14 bits per heavy atom. The number of nitrogens with one attached hydrogen (secondary N) is 1. The van der Waals surface area contributed by atoms with Crippen LogP contribution in [-0.4, -0.2) is 63.0 Å². The maximum atomic E-state index is 13.2. The van der Waals surface area contributed by atoms with E-state index in [0.29, 0.717) is 31.8 Å². The molecule has 7 nitrogen and oxygen atoms in total. The number of imide groups is 1. The van der Waals surface area contributed by atoms with Gasteiger partial charge in [0.15, 0.2) is 0 Å². The molecule has 3 heterocycles. The van der Waals surface area contributed by atoms with E-state index >= 15 is 0 Å². The first-order chi connectivity index (χ1) is 12.5. The summed E-state index contributed by atoms with van der Waals surface area (Å²) >= 11 is 0. The molecule has 0 bridgehead atoms. The van der Waals surface area contributed by atoms with E-state index in [9.17, 15) is 9.59 Å². The highest BCUT2D eigenvalue weighted by molar-refractivity contribution is 6.07. The van der Waals surface area contributed by atoms with Crippen LogP contribution in [0.1, 0.15) is 45.4 Å². The third-order valence-corrected chi connectivity index (χ3v) is 5.69. The Balaban J connectivity index is 0.00000196. The number of rotatable bonds is 7. The molecule has 0 unspecified atom stereocenters. The zero-order valence-corrected chi connectivity index (χ0v) is 18.7. The number of carbonyl (C=O) groups excluding carboxylic acids is 2. The summed E-state index contributed by atoms with van der Waals surface area (Å²) in [4.78, 5) is 33.9. The molecule has 3 rings (SSSR count). The van der Waals surface area contributed by atoms with Crippen molar-refractivity contribution < 1.29 is 9.59 Å². The SMILES string of the molecule is Cc1nccn1CCCN1C(=O)N(CCC(C)C)C2(CCNCC2)C1=O.Cl.Cl. The summed E-state index contributed by atoms with van der Waals surface area (Å²) < 4.78 is 2.06. The number of amides is 3. The minimum atomic E-state index is -0.623. The molecular formula is C19H33Cl2N5O2. The summed E-state index contributed by atoms with van der Waals surface area (Å²) in [7, 11) is 0. The lowest BCUT2D eigenvalue weighted by atomic mass is 9.86. The van der Waals surface area contributed by atoms with Crippen molar-refractivity contribution in [1.29, 1.82) is 0 Å². The van der Waals surface area contributed by atoms with Gasteiger partial charge in [-0.15, -0.1) is 24.8 Å². The zero-order valence-electron chi connectivity index (χ0n) is 17.0. The summed E-state index contributed by atoms with van der Waals surface area (Å²) in [5.74, 6) is 1.47. The minimum Gasteiger partial charge on any atom is -0.335 e. The van der Waals surface area contributed by atoms with Crippen LogP contribution in [0.3, 0.4) is 0 Å². The van der Waals surface area contributed by atoms with E-state index in [1.165, 1.54) is 4.90 Å². The number of halogens is 2. The molecule has 9 heteroatoms. The summed E-state index contributed by atoms with van der Waals surface area (Å²) in [5, 5.41) is 3.32. The van der Waals surface area contributed by atoms with Gasteiger partial charge in [-0.3, -0.25) is 9.69 Å².